The van der Waals surface area contributed by atoms with E-state index in [1.165, 1.54) is 24.8 Å². The lowest BCUT2D eigenvalue weighted by Crippen LogP contribution is -2.39. The van der Waals surface area contributed by atoms with E-state index >= 15 is 0 Å². The molecule has 2 atom stereocenters. The number of β-amino-alcohol motifs (C(OH)–C–C–N with tert-alkyl or cyclic N) is 1. The number of rotatable bonds is 11. The van der Waals surface area contributed by atoms with Crippen LogP contribution in [0.3, 0.4) is 0 Å². The topological polar surface area (TPSA) is 49.8 Å². The summed E-state index contributed by atoms with van der Waals surface area (Å²) < 4.78 is 6.04. The molecule has 162 valence electrons. The van der Waals surface area contributed by atoms with Gasteiger partial charge in [0.25, 0.3) is 0 Å². The second-order valence-corrected chi connectivity index (χ2v) is 8.34. The van der Waals surface area contributed by atoms with Gasteiger partial charge in [-0.1, -0.05) is 74.4 Å². The first kappa shape index (κ1) is 22.7. The molecule has 0 amide bonds. The lowest BCUT2D eigenvalue weighted by molar-refractivity contribution is -0.0151. The van der Waals surface area contributed by atoms with Crippen molar-refractivity contribution in [3.8, 4) is 0 Å². The number of benzene rings is 2. The monoisotopic (exact) mass is 409 g/mol. The molecule has 1 fully saturated rings. The van der Waals surface area contributed by atoms with Crippen LogP contribution < -0.4 is 0 Å². The zero-order chi connectivity index (χ0) is 21.2. The van der Waals surface area contributed by atoms with Gasteiger partial charge in [-0.05, 0) is 43.5 Å². The van der Waals surface area contributed by atoms with Crippen LogP contribution in [0.15, 0.2) is 54.6 Å². The minimum atomic E-state index is -0.597. The van der Waals surface area contributed by atoms with Crippen LogP contribution in [0.4, 0.5) is 0 Å². The molecule has 2 aromatic carbocycles. The summed E-state index contributed by atoms with van der Waals surface area (Å²) in [4.78, 5) is 15.4. The molecule has 0 aromatic heterocycles. The van der Waals surface area contributed by atoms with E-state index in [0.717, 1.165) is 31.5 Å². The molecule has 0 spiro atoms. The molecule has 0 radical (unpaired) electrons. The van der Waals surface area contributed by atoms with Gasteiger partial charge in [0, 0.05) is 18.5 Å². The number of hydrogen-bond donors (Lipinski definition) is 1. The molecule has 3 rings (SSSR count). The summed E-state index contributed by atoms with van der Waals surface area (Å²) in [6, 6.07) is 17.7. The summed E-state index contributed by atoms with van der Waals surface area (Å²) in [6.45, 7) is 5.02. The van der Waals surface area contributed by atoms with E-state index in [9.17, 15) is 9.90 Å². The number of Topliss-reactive ketones (excluding diaryl/α,β-unsaturated/α-hetero) is 1. The van der Waals surface area contributed by atoms with Crippen molar-refractivity contribution in [3.05, 3.63) is 71.3 Å². The molecule has 4 heteroatoms. The highest BCUT2D eigenvalue weighted by atomic mass is 16.5. The molecular formula is C26H35NO3. The standard InChI is InChI=1S/C26H35NO3/c1-2-10-21-11-9-12-22(17-21)18-25(26(29)23-13-5-3-6-14-23)30-20-24(28)19-27-15-7-4-8-16-27/h3,5-6,9,11-14,17,24-25,28H,2,4,7-8,10,15-16,18-20H2,1H3. The highest BCUT2D eigenvalue weighted by molar-refractivity contribution is 5.99. The Bertz CT molecular complexity index is 771. The van der Waals surface area contributed by atoms with Crippen LogP contribution in [0.25, 0.3) is 0 Å². The van der Waals surface area contributed by atoms with E-state index in [2.05, 4.69) is 36.1 Å². The summed E-state index contributed by atoms with van der Waals surface area (Å²) >= 11 is 0. The zero-order valence-electron chi connectivity index (χ0n) is 18.1. The van der Waals surface area contributed by atoms with Crippen molar-refractivity contribution in [3.63, 3.8) is 0 Å². The number of piperidine rings is 1. The summed E-state index contributed by atoms with van der Waals surface area (Å²) in [5.74, 6) is -0.0262. The van der Waals surface area contributed by atoms with Crippen LogP contribution in [0.2, 0.25) is 0 Å². The largest absolute Gasteiger partial charge is 0.389 e. The number of hydrogen-bond acceptors (Lipinski definition) is 4. The number of carbonyl (C=O) groups is 1. The normalized spacial score (nSPS) is 16.9. The van der Waals surface area contributed by atoms with Gasteiger partial charge in [0.2, 0.25) is 0 Å². The molecular weight excluding hydrogens is 374 g/mol. The molecule has 1 saturated heterocycles. The van der Waals surface area contributed by atoms with Crippen LogP contribution in [-0.4, -0.2) is 54.2 Å². The SMILES string of the molecule is CCCc1cccc(CC(OCC(O)CN2CCCCC2)C(=O)c2ccccc2)c1. The molecule has 30 heavy (non-hydrogen) atoms. The van der Waals surface area contributed by atoms with Crippen molar-refractivity contribution in [1.82, 2.24) is 4.90 Å². The van der Waals surface area contributed by atoms with Gasteiger partial charge in [-0.2, -0.15) is 0 Å². The minimum absolute atomic E-state index is 0.0262. The summed E-state index contributed by atoms with van der Waals surface area (Å²) in [7, 11) is 0. The number of ether oxygens (including phenoxy) is 1. The van der Waals surface area contributed by atoms with Crippen molar-refractivity contribution in [2.24, 2.45) is 0 Å². The van der Waals surface area contributed by atoms with E-state index in [1.54, 1.807) is 0 Å². The molecule has 0 bridgehead atoms. The van der Waals surface area contributed by atoms with Crippen LogP contribution in [0.5, 0.6) is 0 Å². The third-order valence-electron chi connectivity index (χ3n) is 5.71. The second-order valence-electron chi connectivity index (χ2n) is 8.34. The fourth-order valence-corrected chi connectivity index (χ4v) is 4.15. The average molecular weight is 410 g/mol. The summed E-state index contributed by atoms with van der Waals surface area (Å²) in [6.07, 6.45) is 5.11. The van der Waals surface area contributed by atoms with Crippen molar-refractivity contribution in [2.45, 2.75) is 57.7 Å². The molecule has 4 nitrogen and oxygen atoms in total. The van der Waals surface area contributed by atoms with Crippen molar-refractivity contribution < 1.29 is 14.6 Å². The van der Waals surface area contributed by atoms with Gasteiger partial charge in [-0.25, -0.2) is 0 Å². The maximum atomic E-state index is 13.1. The maximum Gasteiger partial charge on any atom is 0.191 e. The Morgan fingerprint density at radius 2 is 1.77 bits per heavy atom. The van der Waals surface area contributed by atoms with E-state index in [0.29, 0.717) is 18.5 Å². The smallest absolute Gasteiger partial charge is 0.191 e. The number of ketones is 1. The maximum absolute atomic E-state index is 13.1. The van der Waals surface area contributed by atoms with Gasteiger partial charge in [0.15, 0.2) is 5.78 Å². The molecule has 2 aromatic rings. The molecule has 1 heterocycles. The van der Waals surface area contributed by atoms with Gasteiger partial charge in [0.05, 0.1) is 12.7 Å². The first-order valence-electron chi connectivity index (χ1n) is 11.3. The highest BCUT2D eigenvalue weighted by Crippen LogP contribution is 2.16. The van der Waals surface area contributed by atoms with Crippen LogP contribution in [-0.2, 0) is 17.6 Å². The third kappa shape index (κ3) is 7.05. The van der Waals surface area contributed by atoms with Crippen LogP contribution >= 0.6 is 0 Å². The molecule has 1 aliphatic rings. The molecule has 0 saturated carbocycles. The molecule has 2 unspecified atom stereocenters. The number of aliphatic hydroxyl groups is 1. The third-order valence-corrected chi connectivity index (χ3v) is 5.71. The Morgan fingerprint density at radius 1 is 1.03 bits per heavy atom. The average Bonchev–Trinajstić information content (AvgIpc) is 2.78. The predicted octanol–water partition coefficient (Wildman–Crippen LogP) is 4.30. The quantitative estimate of drug-likeness (QED) is 0.562. The second kappa shape index (κ2) is 12.0. The lowest BCUT2D eigenvalue weighted by Gasteiger charge is -2.29. The number of nitrogens with zero attached hydrogens (tertiary/aromatic N) is 1. The van der Waals surface area contributed by atoms with Crippen molar-refractivity contribution in [2.75, 3.05) is 26.2 Å². The number of aliphatic hydroxyl groups excluding tert-OH is 1. The Balaban J connectivity index is 1.66. The molecule has 0 aliphatic carbocycles. The first-order valence-corrected chi connectivity index (χ1v) is 11.3. The van der Waals surface area contributed by atoms with Gasteiger partial charge in [-0.3, -0.25) is 4.79 Å². The van der Waals surface area contributed by atoms with Gasteiger partial charge >= 0.3 is 0 Å². The van der Waals surface area contributed by atoms with Gasteiger partial charge in [0.1, 0.15) is 6.10 Å². The number of aryl methyl sites for hydroxylation is 1. The Kier molecular flexibility index (Phi) is 9.06. The zero-order valence-corrected chi connectivity index (χ0v) is 18.1. The fourth-order valence-electron chi connectivity index (χ4n) is 4.15. The van der Waals surface area contributed by atoms with Gasteiger partial charge < -0.3 is 14.7 Å². The Hall–Kier alpha value is -2.01. The molecule has 1 aliphatic heterocycles. The first-order chi connectivity index (χ1) is 14.7. The van der Waals surface area contributed by atoms with Crippen LogP contribution in [0, 0.1) is 0 Å². The Morgan fingerprint density at radius 3 is 2.50 bits per heavy atom. The Labute approximate surface area is 180 Å². The van der Waals surface area contributed by atoms with E-state index in [4.69, 9.17) is 4.74 Å². The predicted molar refractivity (Wildman–Crippen MR) is 121 cm³/mol. The van der Waals surface area contributed by atoms with E-state index in [-0.39, 0.29) is 12.4 Å². The fraction of sp³-hybridized carbons (Fsp3) is 0.500. The minimum Gasteiger partial charge on any atom is -0.389 e. The summed E-state index contributed by atoms with van der Waals surface area (Å²) in [5.41, 5.74) is 3.03. The van der Waals surface area contributed by atoms with E-state index < -0.39 is 12.2 Å². The van der Waals surface area contributed by atoms with E-state index in [1.807, 2.05) is 30.3 Å². The van der Waals surface area contributed by atoms with Crippen molar-refractivity contribution in [1.29, 1.82) is 0 Å². The summed E-state index contributed by atoms with van der Waals surface area (Å²) in [5, 5.41) is 10.5. The van der Waals surface area contributed by atoms with Crippen LogP contribution in [0.1, 0.15) is 54.1 Å². The van der Waals surface area contributed by atoms with Gasteiger partial charge in [-0.15, -0.1) is 0 Å². The number of carbonyl (C=O) groups excluding carboxylic acids is 1. The highest BCUT2D eigenvalue weighted by Gasteiger charge is 2.23. The molecule has 1 N–H and O–H groups in total. The van der Waals surface area contributed by atoms with Crippen molar-refractivity contribution >= 4 is 5.78 Å². The lowest BCUT2D eigenvalue weighted by atomic mass is 9.98. The number of likely N-dealkylation sites (tertiary alicyclic amines) is 1.